The Morgan fingerprint density at radius 3 is 2.46 bits per heavy atom. The van der Waals surface area contributed by atoms with Crippen LogP contribution in [0, 0.1) is 0 Å². The number of pyridine rings is 2. The molecule has 0 aliphatic carbocycles. The number of amides is 1. The lowest BCUT2D eigenvalue weighted by Crippen LogP contribution is -2.32. The van der Waals surface area contributed by atoms with E-state index < -0.39 is 21.8 Å². The van der Waals surface area contributed by atoms with Crippen molar-refractivity contribution in [3.05, 3.63) is 123 Å². The number of fused-ring (bicyclic) bond motifs is 1. The molecule has 8 nitrogen and oxygen atoms in total. The molecule has 2 heterocycles. The van der Waals surface area contributed by atoms with Crippen LogP contribution in [0.3, 0.4) is 0 Å². The van der Waals surface area contributed by atoms with Gasteiger partial charge in [-0.3, -0.25) is 14.2 Å². The maximum atomic E-state index is 13.7. The molecule has 0 spiro atoms. The largest absolute Gasteiger partial charge is 0.383 e. The molecule has 208 valence electrons. The molecule has 5 rings (SSSR count). The number of nitrogen functional groups attached to an aromatic ring is 1. The molecule has 10 heteroatoms. The molecule has 0 bridgehead atoms. The Labute approximate surface area is 242 Å². The fraction of sp³-hybridized carbons (Fsp3) is 0.129. The van der Waals surface area contributed by atoms with Crippen molar-refractivity contribution in [2.45, 2.75) is 18.7 Å². The second kappa shape index (κ2) is 11.2. The third kappa shape index (κ3) is 6.01. The van der Waals surface area contributed by atoms with Crippen molar-refractivity contribution < 1.29 is 13.2 Å². The Bertz CT molecular complexity index is 1960. The number of halogens is 1. The molecule has 0 radical (unpaired) electrons. The molecular formula is C31H27ClN4O4S. The topological polar surface area (TPSA) is 124 Å². The van der Waals surface area contributed by atoms with E-state index in [-0.39, 0.29) is 22.7 Å². The van der Waals surface area contributed by atoms with Gasteiger partial charge in [-0.2, -0.15) is 0 Å². The molecular weight excluding hydrogens is 560 g/mol. The van der Waals surface area contributed by atoms with Gasteiger partial charge in [0, 0.05) is 29.4 Å². The maximum Gasteiger partial charge on any atom is 0.264 e. The van der Waals surface area contributed by atoms with Crippen molar-refractivity contribution in [2.24, 2.45) is 0 Å². The van der Waals surface area contributed by atoms with Crippen LogP contribution >= 0.6 is 11.6 Å². The summed E-state index contributed by atoms with van der Waals surface area (Å²) in [5.41, 5.74) is 9.08. The highest BCUT2D eigenvalue weighted by Crippen LogP contribution is 2.27. The molecule has 0 saturated heterocycles. The number of nitrogens with one attached hydrogen (secondary N) is 1. The summed E-state index contributed by atoms with van der Waals surface area (Å²) >= 11 is 6.41. The number of hydrogen-bond donors (Lipinski definition) is 2. The number of benzene rings is 3. The van der Waals surface area contributed by atoms with E-state index in [4.69, 9.17) is 17.3 Å². The molecule has 0 saturated carbocycles. The summed E-state index contributed by atoms with van der Waals surface area (Å²) in [5.74, 6) is -0.542. The average Bonchev–Trinajstić information content (AvgIpc) is 2.92. The molecule has 0 unspecified atom stereocenters. The summed E-state index contributed by atoms with van der Waals surface area (Å²) in [5, 5.41) is 4.35. The molecule has 41 heavy (non-hydrogen) atoms. The summed E-state index contributed by atoms with van der Waals surface area (Å²) in [6.07, 6.45) is 2.71. The van der Waals surface area contributed by atoms with Crippen molar-refractivity contribution in [1.29, 1.82) is 0 Å². The molecule has 0 aliphatic rings. The fourth-order valence-electron chi connectivity index (χ4n) is 4.81. The Morgan fingerprint density at radius 1 is 1.00 bits per heavy atom. The third-order valence-electron chi connectivity index (χ3n) is 6.68. The minimum Gasteiger partial charge on any atom is -0.383 e. The minimum absolute atomic E-state index is 0.0384. The summed E-state index contributed by atoms with van der Waals surface area (Å²) in [6.45, 7) is 1.78. The SMILES string of the molecule is C[C@H](NC(=O)c1cc(-c2cccc(CS(C)(=O)=O)c2)cnc1N)c1cc2cccc(Cl)c2c(=O)n1-c1ccccc1. The van der Waals surface area contributed by atoms with Crippen LogP contribution < -0.4 is 16.6 Å². The van der Waals surface area contributed by atoms with Crippen LogP contribution in [0.15, 0.2) is 95.9 Å². The second-order valence-electron chi connectivity index (χ2n) is 9.87. The number of carbonyl (C=O) groups is 1. The van der Waals surface area contributed by atoms with Crippen molar-refractivity contribution in [3.63, 3.8) is 0 Å². The number of para-hydroxylation sites is 1. The van der Waals surface area contributed by atoms with Gasteiger partial charge in [0.15, 0.2) is 9.84 Å². The molecule has 2 aromatic heterocycles. The lowest BCUT2D eigenvalue weighted by atomic mass is 10.0. The van der Waals surface area contributed by atoms with E-state index in [1.807, 2.05) is 42.5 Å². The van der Waals surface area contributed by atoms with Gasteiger partial charge in [0.25, 0.3) is 11.5 Å². The summed E-state index contributed by atoms with van der Waals surface area (Å²) in [7, 11) is -3.22. The van der Waals surface area contributed by atoms with Gasteiger partial charge in [-0.1, -0.05) is 66.2 Å². The van der Waals surface area contributed by atoms with E-state index in [2.05, 4.69) is 10.3 Å². The second-order valence-corrected chi connectivity index (χ2v) is 12.4. The smallest absolute Gasteiger partial charge is 0.264 e. The molecule has 5 aromatic rings. The van der Waals surface area contributed by atoms with Crippen molar-refractivity contribution in [3.8, 4) is 16.8 Å². The molecule has 0 fully saturated rings. The Hall–Kier alpha value is -4.47. The molecule has 3 aromatic carbocycles. The van der Waals surface area contributed by atoms with Gasteiger partial charge in [-0.25, -0.2) is 13.4 Å². The first-order chi connectivity index (χ1) is 19.5. The minimum atomic E-state index is -3.22. The number of carbonyl (C=O) groups excluding carboxylic acids is 1. The monoisotopic (exact) mass is 586 g/mol. The predicted octanol–water partition coefficient (Wildman–Crippen LogP) is 5.32. The summed E-state index contributed by atoms with van der Waals surface area (Å²) in [4.78, 5) is 31.4. The Kier molecular flexibility index (Phi) is 7.66. The van der Waals surface area contributed by atoms with Crippen LogP contribution in [0.5, 0.6) is 0 Å². The zero-order valence-electron chi connectivity index (χ0n) is 22.3. The number of aromatic nitrogens is 2. The van der Waals surface area contributed by atoms with Crippen LogP contribution in [0.4, 0.5) is 5.82 Å². The number of hydrogen-bond acceptors (Lipinski definition) is 6. The highest BCUT2D eigenvalue weighted by Gasteiger charge is 2.21. The first kappa shape index (κ1) is 28.1. The van der Waals surface area contributed by atoms with Gasteiger partial charge in [-0.15, -0.1) is 0 Å². The van der Waals surface area contributed by atoms with E-state index in [9.17, 15) is 18.0 Å². The van der Waals surface area contributed by atoms with Crippen LogP contribution in [0.2, 0.25) is 5.02 Å². The van der Waals surface area contributed by atoms with E-state index in [1.54, 1.807) is 54.0 Å². The molecule has 0 aliphatic heterocycles. The van der Waals surface area contributed by atoms with Crippen molar-refractivity contribution >= 4 is 43.9 Å². The highest BCUT2D eigenvalue weighted by molar-refractivity contribution is 7.89. The predicted molar refractivity (Wildman–Crippen MR) is 163 cm³/mol. The third-order valence-corrected chi connectivity index (χ3v) is 7.86. The number of sulfone groups is 1. The van der Waals surface area contributed by atoms with Gasteiger partial charge < -0.3 is 11.1 Å². The molecule has 1 amide bonds. The summed E-state index contributed by atoms with van der Waals surface area (Å²) in [6, 6.07) is 24.3. The number of nitrogens with zero attached hydrogens (tertiary/aromatic N) is 2. The standard InChI is InChI=1S/C31H27ClN4O4S/c1-19(27-16-22-10-7-13-26(32)28(22)31(38)36(27)24-11-4-3-5-12-24)35-30(37)25-15-23(17-34-29(25)33)21-9-6-8-20(14-21)18-41(2,39)40/h3-17,19H,18H2,1-2H3,(H2,33,34)(H,35,37)/t19-/m0/s1. The van der Waals surface area contributed by atoms with E-state index in [0.29, 0.717) is 43.9 Å². The zero-order chi connectivity index (χ0) is 29.3. The number of anilines is 1. The molecule has 1 atom stereocenters. The molecule has 3 N–H and O–H groups in total. The van der Waals surface area contributed by atoms with E-state index in [0.717, 1.165) is 0 Å². The van der Waals surface area contributed by atoms with Crippen LogP contribution in [-0.2, 0) is 15.6 Å². The summed E-state index contributed by atoms with van der Waals surface area (Å²) < 4.78 is 25.1. The maximum absolute atomic E-state index is 13.7. The van der Waals surface area contributed by atoms with Gasteiger partial charge in [0.2, 0.25) is 0 Å². The van der Waals surface area contributed by atoms with E-state index >= 15 is 0 Å². The number of rotatable bonds is 7. The van der Waals surface area contributed by atoms with Crippen molar-refractivity contribution in [1.82, 2.24) is 14.9 Å². The first-order valence-electron chi connectivity index (χ1n) is 12.7. The lowest BCUT2D eigenvalue weighted by molar-refractivity contribution is 0.0939. The normalized spacial score (nSPS) is 12.3. The van der Waals surface area contributed by atoms with Crippen LogP contribution in [0.25, 0.3) is 27.6 Å². The van der Waals surface area contributed by atoms with Crippen molar-refractivity contribution in [2.75, 3.05) is 12.0 Å². The van der Waals surface area contributed by atoms with Gasteiger partial charge in [-0.05, 0) is 53.8 Å². The quantitative estimate of drug-likeness (QED) is 0.266. The Balaban J connectivity index is 1.52. The number of nitrogens with two attached hydrogens (primary N) is 1. The van der Waals surface area contributed by atoms with Gasteiger partial charge in [0.1, 0.15) is 5.82 Å². The fourth-order valence-corrected chi connectivity index (χ4v) is 5.86. The Morgan fingerprint density at radius 2 is 1.73 bits per heavy atom. The first-order valence-corrected chi connectivity index (χ1v) is 15.2. The lowest BCUT2D eigenvalue weighted by Gasteiger charge is -2.21. The van der Waals surface area contributed by atoms with Gasteiger partial charge >= 0.3 is 0 Å². The highest BCUT2D eigenvalue weighted by atomic mass is 35.5. The van der Waals surface area contributed by atoms with E-state index in [1.165, 1.54) is 12.5 Å². The van der Waals surface area contributed by atoms with Crippen LogP contribution in [0.1, 0.15) is 34.6 Å². The van der Waals surface area contributed by atoms with Gasteiger partial charge in [0.05, 0.1) is 27.8 Å². The average molecular weight is 587 g/mol. The zero-order valence-corrected chi connectivity index (χ0v) is 23.9. The van der Waals surface area contributed by atoms with Crippen LogP contribution in [-0.4, -0.2) is 30.1 Å².